The molecular formula is C25H46O6. The molecule has 1 fully saturated rings. The van der Waals surface area contributed by atoms with Crippen molar-refractivity contribution < 1.29 is 28.5 Å². The van der Waals surface area contributed by atoms with Crippen molar-refractivity contribution in [2.45, 2.75) is 110 Å². The van der Waals surface area contributed by atoms with Crippen LogP contribution in [-0.2, 0) is 28.5 Å². The van der Waals surface area contributed by atoms with Gasteiger partial charge in [0.15, 0.2) is 5.78 Å². The summed E-state index contributed by atoms with van der Waals surface area (Å²) in [4.78, 5) is 13.5. The van der Waals surface area contributed by atoms with Crippen molar-refractivity contribution in [1.29, 1.82) is 0 Å². The van der Waals surface area contributed by atoms with Crippen molar-refractivity contribution in [3.63, 3.8) is 0 Å². The number of ether oxygens (including phenoxy) is 5. The Hall–Kier alpha value is -0.790. The Bertz CT molecular complexity index is 469. The molecule has 0 N–H and O–H groups in total. The first-order valence-corrected chi connectivity index (χ1v) is 12.4. The van der Waals surface area contributed by atoms with Gasteiger partial charge in [-0.25, -0.2) is 0 Å². The summed E-state index contributed by atoms with van der Waals surface area (Å²) in [5.41, 5.74) is 0. The van der Waals surface area contributed by atoms with Crippen molar-refractivity contribution in [1.82, 2.24) is 0 Å². The van der Waals surface area contributed by atoms with E-state index in [2.05, 4.69) is 34.3 Å². The van der Waals surface area contributed by atoms with Gasteiger partial charge in [-0.3, -0.25) is 4.79 Å². The number of Topliss-reactive ketones (excluding diaryl/α,β-unsaturated/α-hetero) is 1. The van der Waals surface area contributed by atoms with Crippen LogP contribution in [0.4, 0.5) is 0 Å². The van der Waals surface area contributed by atoms with E-state index in [1.165, 1.54) is 0 Å². The van der Waals surface area contributed by atoms with Crippen LogP contribution in [0.5, 0.6) is 0 Å². The van der Waals surface area contributed by atoms with Crippen molar-refractivity contribution in [2.24, 2.45) is 0 Å². The lowest BCUT2D eigenvalue weighted by atomic mass is 9.85. The number of hydrogen-bond donors (Lipinski definition) is 0. The molecule has 0 unspecified atom stereocenters. The van der Waals surface area contributed by atoms with Crippen LogP contribution in [0.2, 0.25) is 0 Å². The van der Waals surface area contributed by atoms with Crippen LogP contribution < -0.4 is 0 Å². The van der Waals surface area contributed by atoms with Crippen LogP contribution >= 0.6 is 0 Å². The zero-order valence-electron chi connectivity index (χ0n) is 20.3. The molecule has 6 heteroatoms. The number of ketones is 1. The predicted molar refractivity (Wildman–Crippen MR) is 124 cm³/mol. The fraction of sp³-hybridized carbons (Fsp3) is 0.880. The summed E-state index contributed by atoms with van der Waals surface area (Å²) in [7, 11) is 0. The first kappa shape index (κ1) is 28.2. The summed E-state index contributed by atoms with van der Waals surface area (Å²) in [6, 6.07) is 0. The molecule has 0 bridgehead atoms. The molecule has 1 rings (SSSR count). The van der Waals surface area contributed by atoms with Crippen LogP contribution in [0.15, 0.2) is 12.7 Å². The third-order valence-electron chi connectivity index (χ3n) is 5.42. The lowest BCUT2D eigenvalue weighted by Gasteiger charge is -2.44. The molecule has 1 saturated carbocycles. The highest BCUT2D eigenvalue weighted by molar-refractivity contribution is 5.90. The maximum Gasteiger partial charge on any atom is 0.195 e. The van der Waals surface area contributed by atoms with Gasteiger partial charge in [-0.2, -0.15) is 0 Å². The highest BCUT2D eigenvalue weighted by atomic mass is 16.6. The predicted octanol–water partition coefficient (Wildman–Crippen LogP) is 4.88. The van der Waals surface area contributed by atoms with Crippen LogP contribution in [0.3, 0.4) is 0 Å². The van der Waals surface area contributed by atoms with Gasteiger partial charge in [0.2, 0.25) is 0 Å². The zero-order valence-corrected chi connectivity index (χ0v) is 20.3. The fourth-order valence-corrected chi connectivity index (χ4v) is 3.54. The molecule has 31 heavy (non-hydrogen) atoms. The minimum absolute atomic E-state index is 0.115. The Morgan fingerprint density at radius 3 is 1.45 bits per heavy atom. The summed E-state index contributed by atoms with van der Waals surface area (Å²) >= 11 is 0. The van der Waals surface area contributed by atoms with Gasteiger partial charge in [0.05, 0.1) is 6.61 Å². The summed E-state index contributed by atoms with van der Waals surface area (Å²) in [5.74, 6) is -0.115. The van der Waals surface area contributed by atoms with Crippen molar-refractivity contribution >= 4 is 5.78 Å². The lowest BCUT2D eigenvalue weighted by Crippen LogP contribution is -2.65. The molecule has 182 valence electrons. The van der Waals surface area contributed by atoms with E-state index in [1.807, 2.05) is 0 Å². The van der Waals surface area contributed by atoms with E-state index in [4.69, 9.17) is 23.7 Å². The van der Waals surface area contributed by atoms with E-state index >= 15 is 0 Å². The van der Waals surface area contributed by atoms with E-state index in [9.17, 15) is 4.79 Å². The third kappa shape index (κ3) is 9.70. The molecule has 0 aromatic carbocycles. The molecule has 0 saturated heterocycles. The first-order chi connectivity index (χ1) is 15.2. The minimum Gasteiger partial charge on any atom is -0.373 e. The second-order valence-electron chi connectivity index (χ2n) is 8.16. The molecule has 1 aliphatic rings. The normalized spacial score (nSPS) is 26.3. The van der Waals surface area contributed by atoms with Gasteiger partial charge in [0.25, 0.3) is 0 Å². The Kier molecular flexibility index (Phi) is 16.2. The summed E-state index contributed by atoms with van der Waals surface area (Å²) in [5, 5.41) is 0. The van der Waals surface area contributed by atoms with Gasteiger partial charge in [-0.1, -0.05) is 59.5 Å². The molecule has 0 aliphatic heterocycles. The summed E-state index contributed by atoms with van der Waals surface area (Å²) < 4.78 is 30.8. The van der Waals surface area contributed by atoms with E-state index in [-0.39, 0.29) is 12.4 Å². The second kappa shape index (κ2) is 17.7. The number of rotatable bonds is 19. The minimum atomic E-state index is -0.751. The third-order valence-corrected chi connectivity index (χ3v) is 5.42. The summed E-state index contributed by atoms with van der Waals surface area (Å²) in [6.07, 6.45) is 6.48. The number of carbonyl (C=O) groups is 1. The van der Waals surface area contributed by atoms with Crippen molar-refractivity contribution in [3.8, 4) is 0 Å². The summed E-state index contributed by atoms with van der Waals surface area (Å²) in [6.45, 7) is 14.7. The van der Waals surface area contributed by atoms with Gasteiger partial charge in [-0.05, 0) is 25.7 Å². The average molecular weight is 443 g/mol. The van der Waals surface area contributed by atoms with Gasteiger partial charge in [-0.15, -0.1) is 6.58 Å². The van der Waals surface area contributed by atoms with Crippen LogP contribution in [0, 0.1) is 0 Å². The Morgan fingerprint density at radius 1 is 0.645 bits per heavy atom. The van der Waals surface area contributed by atoms with E-state index in [0.29, 0.717) is 26.4 Å². The van der Waals surface area contributed by atoms with Crippen LogP contribution in [0.1, 0.15) is 79.1 Å². The number of hydrogen-bond acceptors (Lipinski definition) is 6. The van der Waals surface area contributed by atoms with E-state index in [1.54, 1.807) is 6.08 Å². The van der Waals surface area contributed by atoms with Crippen molar-refractivity contribution in [2.75, 3.05) is 33.0 Å². The number of unbranched alkanes of at least 4 members (excludes halogenated alkanes) is 4. The largest absolute Gasteiger partial charge is 0.373 e. The van der Waals surface area contributed by atoms with Crippen molar-refractivity contribution in [3.05, 3.63) is 12.7 Å². The Morgan fingerprint density at radius 2 is 1.03 bits per heavy atom. The zero-order chi connectivity index (χ0) is 22.9. The monoisotopic (exact) mass is 442 g/mol. The highest BCUT2D eigenvalue weighted by Gasteiger charge is 2.53. The molecule has 0 heterocycles. The first-order valence-electron chi connectivity index (χ1n) is 12.4. The van der Waals surface area contributed by atoms with E-state index < -0.39 is 30.5 Å². The molecule has 0 aromatic heterocycles. The molecule has 0 radical (unpaired) electrons. The molecule has 0 aromatic rings. The Labute approximate surface area is 190 Å². The standard InChI is InChI=1S/C25H46O6/c1-6-11-16-28-22-20(26)21(27-15-10-5)23(29-17-12-7-2)25(31-19-14-9-4)24(22)30-18-13-8-3/h10,21-25H,5-9,11-19H2,1-4H3/t21-,22+,23+,24-,25-/m1/s1. The SMILES string of the molecule is C=CCO[C@@H]1C(=O)[C@H](OCCCC)[C@@H](OCCCC)[C@H](OCCCC)[C@H]1OCCCC. The quantitative estimate of drug-likeness (QED) is 0.210. The van der Waals surface area contributed by atoms with Gasteiger partial charge >= 0.3 is 0 Å². The van der Waals surface area contributed by atoms with Gasteiger partial charge in [0, 0.05) is 26.4 Å². The molecule has 0 amide bonds. The topological polar surface area (TPSA) is 63.2 Å². The van der Waals surface area contributed by atoms with Gasteiger partial charge in [0.1, 0.15) is 30.5 Å². The maximum atomic E-state index is 13.5. The maximum absolute atomic E-state index is 13.5. The fourth-order valence-electron chi connectivity index (χ4n) is 3.54. The average Bonchev–Trinajstić information content (AvgIpc) is 2.77. The number of carbonyl (C=O) groups excluding carboxylic acids is 1. The van der Waals surface area contributed by atoms with Crippen LogP contribution in [0.25, 0.3) is 0 Å². The molecular weight excluding hydrogens is 396 g/mol. The van der Waals surface area contributed by atoms with Crippen LogP contribution in [-0.4, -0.2) is 69.3 Å². The second-order valence-corrected chi connectivity index (χ2v) is 8.16. The smallest absolute Gasteiger partial charge is 0.195 e. The van der Waals surface area contributed by atoms with Gasteiger partial charge < -0.3 is 23.7 Å². The highest BCUT2D eigenvalue weighted by Crippen LogP contribution is 2.30. The molecule has 0 spiro atoms. The molecule has 1 aliphatic carbocycles. The molecule has 6 nitrogen and oxygen atoms in total. The Balaban J connectivity index is 3.18. The lowest BCUT2D eigenvalue weighted by molar-refractivity contribution is -0.228. The van der Waals surface area contributed by atoms with E-state index in [0.717, 1.165) is 51.4 Å². The molecule has 5 atom stereocenters.